The molecule has 3 aromatic rings. The van der Waals surface area contributed by atoms with Crippen molar-refractivity contribution in [3.05, 3.63) is 48.8 Å². The number of imidazole rings is 1. The predicted octanol–water partition coefficient (Wildman–Crippen LogP) is 1.03. The maximum absolute atomic E-state index is 12.8. The molecule has 1 amide bonds. The third kappa shape index (κ3) is 2.11. The lowest BCUT2D eigenvalue weighted by Gasteiger charge is -2.33. The third-order valence-corrected chi connectivity index (χ3v) is 3.83. The van der Waals surface area contributed by atoms with Crippen molar-refractivity contribution in [1.29, 1.82) is 0 Å². The fraction of sp³-hybridized carbons (Fsp3) is 0.200. The Hall–Kier alpha value is -2.80. The smallest absolute Gasteiger partial charge is 0.248 e. The molecular weight excluding hydrogens is 280 g/mol. The average molecular weight is 294 g/mol. The van der Waals surface area contributed by atoms with Gasteiger partial charge in [0.1, 0.15) is 12.4 Å². The van der Waals surface area contributed by atoms with Crippen LogP contribution >= 0.6 is 0 Å². The average Bonchev–Trinajstić information content (AvgIpc) is 3.03. The van der Waals surface area contributed by atoms with Crippen LogP contribution in [-0.2, 0) is 4.79 Å². The monoisotopic (exact) mass is 294 g/mol. The van der Waals surface area contributed by atoms with E-state index in [4.69, 9.17) is 0 Å². The Bertz CT molecular complexity index is 815. The zero-order valence-electron chi connectivity index (χ0n) is 11.7. The Morgan fingerprint density at radius 1 is 1.23 bits per heavy atom. The summed E-state index contributed by atoms with van der Waals surface area (Å²) in [7, 11) is 0. The minimum atomic E-state index is -0.373. The molecular formula is C15H14N6O. The Morgan fingerprint density at radius 2 is 2.09 bits per heavy atom. The molecule has 0 bridgehead atoms. The normalized spacial score (nSPS) is 18.8. The van der Waals surface area contributed by atoms with E-state index in [1.54, 1.807) is 23.6 Å². The molecule has 0 spiro atoms. The number of hydrogen-bond acceptors (Lipinski definition) is 5. The number of fused-ring (bicyclic) bond motifs is 1. The lowest BCUT2D eigenvalue weighted by Crippen LogP contribution is -2.50. The Balaban J connectivity index is 1.68. The SMILES string of the molecule is O=C1C(c2ccc3nc[nH]c3c2)NCCN1c1cncnc1. The van der Waals surface area contributed by atoms with E-state index >= 15 is 0 Å². The molecule has 1 aromatic carbocycles. The maximum atomic E-state index is 12.8. The number of hydrogen-bond donors (Lipinski definition) is 2. The van der Waals surface area contributed by atoms with Crippen molar-refractivity contribution in [3.63, 3.8) is 0 Å². The summed E-state index contributed by atoms with van der Waals surface area (Å²) in [5.41, 5.74) is 3.46. The Morgan fingerprint density at radius 3 is 2.95 bits per heavy atom. The van der Waals surface area contributed by atoms with E-state index in [0.29, 0.717) is 13.1 Å². The molecule has 7 heteroatoms. The number of aromatic amines is 1. The topological polar surface area (TPSA) is 86.8 Å². The van der Waals surface area contributed by atoms with Gasteiger partial charge >= 0.3 is 0 Å². The highest BCUT2D eigenvalue weighted by Gasteiger charge is 2.30. The fourth-order valence-corrected chi connectivity index (χ4v) is 2.75. The highest BCUT2D eigenvalue weighted by Crippen LogP contribution is 2.24. The maximum Gasteiger partial charge on any atom is 0.248 e. The molecule has 0 aliphatic carbocycles. The molecule has 1 atom stereocenters. The zero-order valence-corrected chi connectivity index (χ0v) is 11.7. The van der Waals surface area contributed by atoms with Gasteiger partial charge in [0.2, 0.25) is 5.91 Å². The summed E-state index contributed by atoms with van der Waals surface area (Å²) in [5, 5.41) is 3.28. The first-order chi connectivity index (χ1) is 10.8. The summed E-state index contributed by atoms with van der Waals surface area (Å²) in [6.45, 7) is 1.32. The van der Waals surface area contributed by atoms with E-state index in [9.17, 15) is 4.79 Å². The molecule has 22 heavy (non-hydrogen) atoms. The lowest BCUT2D eigenvalue weighted by atomic mass is 10.0. The van der Waals surface area contributed by atoms with Crippen LogP contribution in [0.15, 0.2) is 43.2 Å². The molecule has 1 aliphatic heterocycles. The Kier molecular flexibility index (Phi) is 3.05. The van der Waals surface area contributed by atoms with Gasteiger partial charge in [-0.05, 0) is 17.7 Å². The van der Waals surface area contributed by atoms with E-state index in [1.807, 2.05) is 18.2 Å². The van der Waals surface area contributed by atoms with E-state index in [0.717, 1.165) is 22.3 Å². The van der Waals surface area contributed by atoms with Crippen LogP contribution in [0.3, 0.4) is 0 Å². The molecule has 2 aromatic heterocycles. The van der Waals surface area contributed by atoms with Crippen molar-refractivity contribution in [1.82, 2.24) is 25.3 Å². The van der Waals surface area contributed by atoms with Crippen LogP contribution in [0.1, 0.15) is 11.6 Å². The number of carbonyl (C=O) groups excluding carboxylic acids is 1. The summed E-state index contributed by atoms with van der Waals surface area (Å²) >= 11 is 0. The van der Waals surface area contributed by atoms with Crippen molar-refractivity contribution >= 4 is 22.6 Å². The molecule has 7 nitrogen and oxygen atoms in total. The summed E-state index contributed by atoms with van der Waals surface area (Å²) in [6.07, 6.45) is 6.43. The number of nitrogens with one attached hydrogen (secondary N) is 2. The van der Waals surface area contributed by atoms with Gasteiger partial charge in [-0.2, -0.15) is 0 Å². The van der Waals surface area contributed by atoms with Crippen molar-refractivity contribution in [2.24, 2.45) is 0 Å². The van der Waals surface area contributed by atoms with Crippen molar-refractivity contribution in [3.8, 4) is 0 Å². The quantitative estimate of drug-likeness (QED) is 0.737. The number of rotatable bonds is 2. The second kappa shape index (κ2) is 5.19. The summed E-state index contributed by atoms with van der Waals surface area (Å²) in [6, 6.07) is 5.44. The van der Waals surface area contributed by atoms with Gasteiger partial charge in [0.25, 0.3) is 0 Å². The second-order valence-electron chi connectivity index (χ2n) is 5.15. The molecule has 0 radical (unpaired) electrons. The molecule has 1 fully saturated rings. The molecule has 2 N–H and O–H groups in total. The first-order valence-electron chi connectivity index (χ1n) is 7.06. The lowest BCUT2D eigenvalue weighted by molar-refractivity contribution is -0.121. The van der Waals surface area contributed by atoms with Gasteiger partial charge in [-0.25, -0.2) is 15.0 Å². The van der Waals surface area contributed by atoms with Gasteiger partial charge in [0.05, 0.1) is 35.4 Å². The van der Waals surface area contributed by atoms with Crippen LogP contribution in [0.25, 0.3) is 11.0 Å². The van der Waals surface area contributed by atoms with Crippen LogP contribution in [0, 0.1) is 0 Å². The second-order valence-corrected chi connectivity index (χ2v) is 5.15. The highest BCUT2D eigenvalue weighted by atomic mass is 16.2. The number of carbonyl (C=O) groups is 1. The first-order valence-corrected chi connectivity index (χ1v) is 7.06. The van der Waals surface area contributed by atoms with Crippen LogP contribution in [-0.4, -0.2) is 38.9 Å². The molecule has 1 saturated heterocycles. The summed E-state index contributed by atoms with van der Waals surface area (Å²) in [5.74, 6) is -0.0000784. The molecule has 1 aliphatic rings. The Labute approximate surface area is 126 Å². The van der Waals surface area contributed by atoms with Crippen molar-refractivity contribution in [2.45, 2.75) is 6.04 Å². The summed E-state index contributed by atoms with van der Waals surface area (Å²) in [4.78, 5) is 29.7. The van der Waals surface area contributed by atoms with Crippen LogP contribution in [0.4, 0.5) is 5.69 Å². The summed E-state index contributed by atoms with van der Waals surface area (Å²) < 4.78 is 0. The van der Waals surface area contributed by atoms with Gasteiger partial charge in [0.15, 0.2) is 0 Å². The van der Waals surface area contributed by atoms with E-state index in [-0.39, 0.29) is 11.9 Å². The van der Waals surface area contributed by atoms with Gasteiger partial charge < -0.3 is 15.2 Å². The molecule has 0 saturated carbocycles. The minimum Gasteiger partial charge on any atom is -0.345 e. The third-order valence-electron chi connectivity index (χ3n) is 3.83. The standard InChI is InChI=1S/C15H14N6O/c22-15-14(10-1-2-12-13(5-10)20-9-19-12)18-3-4-21(15)11-6-16-8-17-7-11/h1-2,5-9,14,18H,3-4H2,(H,19,20). The number of anilines is 1. The van der Waals surface area contributed by atoms with Gasteiger partial charge in [-0.1, -0.05) is 6.07 Å². The molecule has 3 heterocycles. The van der Waals surface area contributed by atoms with Gasteiger partial charge in [-0.15, -0.1) is 0 Å². The van der Waals surface area contributed by atoms with Crippen LogP contribution < -0.4 is 10.2 Å². The van der Waals surface area contributed by atoms with Gasteiger partial charge in [-0.3, -0.25) is 4.79 Å². The minimum absolute atomic E-state index is 0.0000784. The number of nitrogens with zero attached hydrogens (tertiary/aromatic N) is 4. The first kappa shape index (κ1) is 12.9. The highest BCUT2D eigenvalue weighted by molar-refractivity contribution is 5.98. The number of piperazine rings is 1. The molecule has 110 valence electrons. The van der Waals surface area contributed by atoms with Crippen molar-refractivity contribution < 1.29 is 4.79 Å². The number of benzene rings is 1. The van der Waals surface area contributed by atoms with Crippen LogP contribution in [0.2, 0.25) is 0 Å². The number of aromatic nitrogens is 4. The van der Waals surface area contributed by atoms with Gasteiger partial charge in [0, 0.05) is 13.1 Å². The van der Waals surface area contributed by atoms with Crippen LogP contribution in [0.5, 0.6) is 0 Å². The fourth-order valence-electron chi connectivity index (χ4n) is 2.75. The number of amides is 1. The molecule has 4 rings (SSSR count). The predicted molar refractivity (Wildman–Crippen MR) is 81.2 cm³/mol. The largest absolute Gasteiger partial charge is 0.345 e. The number of H-pyrrole nitrogens is 1. The van der Waals surface area contributed by atoms with E-state index in [2.05, 4.69) is 25.3 Å². The zero-order chi connectivity index (χ0) is 14.9. The molecule has 1 unspecified atom stereocenters. The van der Waals surface area contributed by atoms with Crippen molar-refractivity contribution in [2.75, 3.05) is 18.0 Å². The van der Waals surface area contributed by atoms with E-state index < -0.39 is 0 Å². The van der Waals surface area contributed by atoms with E-state index in [1.165, 1.54) is 6.33 Å².